The molecule has 0 fully saturated rings. The zero-order chi connectivity index (χ0) is 22.4. The molecule has 1 aliphatic rings. The summed E-state index contributed by atoms with van der Waals surface area (Å²) in [6.07, 6.45) is -1.14. The molecule has 0 amide bonds. The SMILES string of the molecule is CS(=O)(=O)N1CCCc2cc(C(=O)CSc3nnc4ccc(C(F)(F)F)cn34)ccc21. The molecule has 0 saturated heterocycles. The molecule has 1 aromatic carbocycles. The minimum absolute atomic E-state index is 0.0500. The number of carbonyl (C=O) groups is 1. The van der Waals surface area contributed by atoms with Gasteiger partial charge in [-0.1, -0.05) is 11.8 Å². The standard InChI is InChI=1S/C19H17F3N4O3S2/c1-31(28,29)26-8-2-3-12-9-13(4-6-15(12)26)16(27)11-30-18-24-23-17-7-5-14(10-25(17)18)19(20,21)22/h4-7,9-10H,2-3,8,11H2,1H3. The van der Waals surface area contributed by atoms with Gasteiger partial charge in [-0.25, -0.2) is 8.42 Å². The molecule has 3 heterocycles. The molecule has 0 bridgehead atoms. The van der Waals surface area contributed by atoms with Gasteiger partial charge in [0.05, 0.1) is 23.3 Å². The first-order chi connectivity index (χ1) is 14.5. The van der Waals surface area contributed by atoms with Crippen molar-refractivity contribution in [2.75, 3.05) is 22.9 Å². The highest BCUT2D eigenvalue weighted by molar-refractivity contribution is 7.99. The zero-order valence-electron chi connectivity index (χ0n) is 16.3. The number of carbonyl (C=O) groups excluding carboxylic acids is 1. The Kier molecular flexibility index (Phi) is 5.46. The molecule has 0 saturated carbocycles. The van der Waals surface area contributed by atoms with Gasteiger partial charge in [-0.3, -0.25) is 13.5 Å². The molecule has 7 nitrogen and oxygen atoms in total. The molecule has 1 aliphatic heterocycles. The minimum Gasteiger partial charge on any atom is -0.293 e. The van der Waals surface area contributed by atoms with Crippen LogP contribution >= 0.6 is 11.8 Å². The molecule has 0 N–H and O–H groups in total. The summed E-state index contributed by atoms with van der Waals surface area (Å²) in [4.78, 5) is 12.7. The molecule has 0 radical (unpaired) electrons. The van der Waals surface area contributed by atoms with Gasteiger partial charge in [0.15, 0.2) is 16.6 Å². The van der Waals surface area contributed by atoms with Crippen LogP contribution in [0.3, 0.4) is 0 Å². The molecule has 31 heavy (non-hydrogen) atoms. The summed E-state index contributed by atoms with van der Waals surface area (Å²) in [5.41, 5.74) is 1.17. The van der Waals surface area contributed by atoms with Crippen molar-refractivity contribution in [1.29, 1.82) is 0 Å². The van der Waals surface area contributed by atoms with Crippen molar-refractivity contribution < 1.29 is 26.4 Å². The fourth-order valence-corrected chi connectivity index (χ4v) is 5.24. The van der Waals surface area contributed by atoms with Crippen molar-refractivity contribution in [3.05, 3.63) is 53.2 Å². The van der Waals surface area contributed by atoms with E-state index in [0.29, 0.717) is 30.6 Å². The van der Waals surface area contributed by atoms with E-state index < -0.39 is 21.8 Å². The fraction of sp³-hybridized carbons (Fsp3) is 0.316. The van der Waals surface area contributed by atoms with Gasteiger partial charge in [0.25, 0.3) is 0 Å². The summed E-state index contributed by atoms with van der Waals surface area (Å²) >= 11 is 0.987. The number of sulfonamides is 1. The topological polar surface area (TPSA) is 84.6 Å². The summed E-state index contributed by atoms with van der Waals surface area (Å²) in [6.45, 7) is 0.398. The lowest BCUT2D eigenvalue weighted by molar-refractivity contribution is -0.137. The molecule has 2 aromatic heterocycles. The Bertz CT molecular complexity index is 1270. The molecular weight excluding hydrogens is 453 g/mol. The molecule has 4 rings (SSSR count). The number of hydrogen-bond donors (Lipinski definition) is 0. The molecule has 3 aromatic rings. The van der Waals surface area contributed by atoms with Crippen molar-refractivity contribution in [1.82, 2.24) is 14.6 Å². The Morgan fingerprint density at radius 2 is 1.97 bits per heavy atom. The van der Waals surface area contributed by atoms with Gasteiger partial charge in [0, 0.05) is 18.3 Å². The fourth-order valence-electron chi connectivity index (χ4n) is 3.43. The van der Waals surface area contributed by atoms with Crippen molar-refractivity contribution >= 4 is 38.9 Å². The third-order valence-corrected chi connectivity index (χ3v) is 7.03. The van der Waals surface area contributed by atoms with Gasteiger partial charge in [-0.05, 0) is 48.7 Å². The Balaban J connectivity index is 1.53. The van der Waals surface area contributed by atoms with E-state index in [2.05, 4.69) is 10.2 Å². The number of thioether (sulfide) groups is 1. The number of Topliss-reactive ketones (excluding diaryl/α,β-unsaturated/α-hetero) is 1. The highest BCUT2D eigenvalue weighted by atomic mass is 32.2. The van der Waals surface area contributed by atoms with E-state index in [4.69, 9.17) is 0 Å². The lowest BCUT2D eigenvalue weighted by atomic mass is 9.99. The molecule has 0 unspecified atom stereocenters. The van der Waals surface area contributed by atoms with E-state index in [1.807, 2.05) is 0 Å². The van der Waals surface area contributed by atoms with Gasteiger partial charge in [-0.2, -0.15) is 13.2 Å². The Labute approximate surface area is 180 Å². The first-order valence-electron chi connectivity index (χ1n) is 9.22. The Morgan fingerprint density at radius 3 is 2.68 bits per heavy atom. The largest absolute Gasteiger partial charge is 0.417 e. The van der Waals surface area contributed by atoms with Crippen LogP contribution in [0.25, 0.3) is 5.65 Å². The zero-order valence-corrected chi connectivity index (χ0v) is 17.9. The number of alkyl halides is 3. The van der Waals surface area contributed by atoms with Gasteiger partial charge >= 0.3 is 6.18 Å². The van der Waals surface area contributed by atoms with E-state index in [1.54, 1.807) is 18.2 Å². The molecular formula is C19H17F3N4O3S2. The predicted octanol–water partition coefficient (Wildman–Crippen LogP) is 3.44. The van der Waals surface area contributed by atoms with Gasteiger partial charge in [0.1, 0.15) is 0 Å². The van der Waals surface area contributed by atoms with Crippen molar-refractivity contribution in [3.63, 3.8) is 0 Å². The maximum atomic E-state index is 13.0. The van der Waals surface area contributed by atoms with E-state index in [-0.39, 0.29) is 22.3 Å². The van der Waals surface area contributed by atoms with Crippen LogP contribution < -0.4 is 4.31 Å². The van der Waals surface area contributed by atoms with Crippen LogP contribution in [0.4, 0.5) is 18.9 Å². The predicted molar refractivity (Wildman–Crippen MR) is 110 cm³/mol. The van der Waals surface area contributed by atoms with E-state index >= 15 is 0 Å². The number of fused-ring (bicyclic) bond motifs is 2. The monoisotopic (exact) mass is 470 g/mol. The van der Waals surface area contributed by atoms with Crippen molar-refractivity contribution in [3.8, 4) is 0 Å². The van der Waals surface area contributed by atoms with Crippen LogP contribution in [0.2, 0.25) is 0 Å². The lowest BCUT2D eigenvalue weighted by Crippen LogP contribution is -2.34. The highest BCUT2D eigenvalue weighted by Gasteiger charge is 2.31. The van der Waals surface area contributed by atoms with Gasteiger partial charge in [0.2, 0.25) is 10.0 Å². The van der Waals surface area contributed by atoms with Crippen LogP contribution in [-0.2, 0) is 22.6 Å². The Morgan fingerprint density at radius 1 is 1.19 bits per heavy atom. The average molecular weight is 470 g/mol. The second-order valence-corrected chi connectivity index (χ2v) is 9.97. The number of pyridine rings is 1. The van der Waals surface area contributed by atoms with Crippen LogP contribution in [0.5, 0.6) is 0 Å². The summed E-state index contributed by atoms with van der Waals surface area (Å²) in [7, 11) is -3.40. The van der Waals surface area contributed by atoms with Crippen LogP contribution in [0, 0.1) is 0 Å². The number of rotatable bonds is 5. The summed E-state index contributed by atoms with van der Waals surface area (Å²) in [6, 6.07) is 7.01. The minimum atomic E-state index is -4.50. The maximum Gasteiger partial charge on any atom is 0.417 e. The smallest absolute Gasteiger partial charge is 0.293 e. The second kappa shape index (κ2) is 7.83. The maximum absolute atomic E-state index is 13.0. The highest BCUT2D eigenvalue weighted by Crippen LogP contribution is 2.32. The first kappa shape index (κ1) is 21.6. The lowest BCUT2D eigenvalue weighted by Gasteiger charge is -2.29. The number of anilines is 1. The Hall–Kier alpha value is -2.60. The molecule has 12 heteroatoms. The number of nitrogens with zero attached hydrogens (tertiary/aromatic N) is 4. The van der Waals surface area contributed by atoms with E-state index in [0.717, 1.165) is 35.8 Å². The summed E-state index contributed by atoms with van der Waals surface area (Å²) < 4.78 is 65.4. The average Bonchev–Trinajstić information content (AvgIpc) is 3.12. The van der Waals surface area contributed by atoms with Gasteiger partial charge in [-0.15, -0.1) is 10.2 Å². The summed E-state index contributed by atoms with van der Waals surface area (Å²) in [5.74, 6) is -0.293. The third kappa shape index (κ3) is 4.40. The molecule has 164 valence electrons. The second-order valence-electron chi connectivity index (χ2n) is 7.12. The normalized spacial score (nSPS) is 14.6. The summed E-state index contributed by atoms with van der Waals surface area (Å²) in [5, 5.41) is 7.88. The quantitative estimate of drug-likeness (QED) is 0.420. The molecule has 0 aliphatic carbocycles. The van der Waals surface area contributed by atoms with Crippen LogP contribution in [0.15, 0.2) is 41.7 Å². The third-order valence-electron chi connectivity index (χ3n) is 4.91. The van der Waals surface area contributed by atoms with E-state index in [1.165, 1.54) is 14.8 Å². The number of benzene rings is 1. The number of hydrogen-bond acceptors (Lipinski definition) is 6. The van der Waals surface area contributed by atoms with Crippen molar-refractivity contribution in [2.24, 2.45) is 0 Å². The van der Waals surface area contributed by atoms with Gasteiger partial charge < -0.3 is 0 Å². The van der Waals surface area contributed by atoms with Crippen LogP contribution in [-0.4, -0.2) is 47.4 Å². The number of aromatic nitrogens is 3. The number of halogens is 3. The molecule has 0 spiro atoms. The van der Waals surface area contributed by atoms with E-state index in [9.17, 15) is 26.4 Å². The number of aryl methyl sites for hydroxylation is 1. The van der Waals surface area contributed by atoms with Crippen LogP contribution in [0.1, 0.15) is 27.9 Å². The van der Waals surface area contributed by atoms with Crippen molar-refractivity contribution in [2.45, 2.75) is 24.2 Å². The number of ketones is 1. The molecule has 0 atom stereocenters. The first-order valence-corrected chi connectivity index (χ1v) is 12.1.